The van der Waals surface area contributed by atoms with Crippen LogP contribution in [-0.4, -0.2) is 11.9 Å². The minimum absolute atomic E-state index is 0.0488. The Morgan fingerprint density at radius 3 is 2.57 bits per heavy atom. The van der Waals surface area contributed by atoms with Crippen molar-refractivity contribution in [2.24, 2.45) is 0 Å². The van der Waals surface area contributed by atoms with Gasteiger partial charge in [0.2, 0.25) is 5.91 Å². The summed E-state index contributed by atoms with van der Waals surface area (Å²) >= 11 is 0. The number of unbranched alkanes of at least 4 members (excludes halogenated alkanes) is 3. The first kappa shape index (κ1) is 13.2. The molecule has 0 aromatic heterocycles. The van der Waals surface area contributed by atoms with E-state index in [1.54, 1.807) is 0 Å². The smallest absolute Gasteiger partial charge is 0.243 e. The Hall–Kier alpha value is -0.790. The summed E-state index contributed by atoms with van der Waals surface area (Å²) in [4.78, 5) is 11.0. The number of nitrogens with one attached hydrogen (secondary N) is 1. The highest BCUT2D eigenvalue weighted by atomic mass is 16.1. The molecule has 1 unspecified atom stereocenters. The molecule has 0 aliphatic heterocycles. The lowest BCUT2D eigenvalue weighted by atomic mass is 10.1. The van der Waals surface area contributed by atoms with Crippen LogP contribution in [0.15, 0.2) is 12.7 Å². The Labute approximate surface area is 87.8 Å². The Morgan fingerprint density at radius 2 is 2.07 bits per heavy atom. The Kier molecular flexibility index (Phi) is 8.30. The van der Waals surface area contributed by atoms with Crippen LogP contribution in [0.4, 0.5) is 0 Å². The van der Waals surface area contributed by atoms with Crippen LogP contribution in [0.1, 0.15) is 52.4 Å². The lowest BCUT2D eigenvalue weighted by Gasteiger charge is -2.15. The van der Waals surface area contributed by atoms with E-state index in [1.807, 2.05) is 0 Å². The summed E-state index contributed by atoms with van der Waals surface area (Å²) in [5, 5.41) is 2.94. The van der Waals surface area contributed by atoms with Crippen molar-refractivity contribution in [3.63, 3.8) is 0 Å². The second-order valence-electron chi connectivity index (χ2n) is 3.67. The van der Waals surface area contributed by atoms with E-state index in [9.17, 15) is 4.79 Å². The fourth-order valence-corrected chi connectivity index (χ4v) is 1.46. The summed E-state index contributed by atoms with van der Waals surface area (Å²) in [5.41, 5.74) is 0. The largest absolute Gasteiger partial charge is 0.350 e. The Balaban J connectivity index is 3.57. The zero-order valence-electron chi connectivity index (χ0n) is 9.51. The van der Waals surface area contributed by atoms with E-state index in [0.717, 1.165) is 12.8 Å². The van der Waals surface area contributed by atoms with Gasteiger partial charge in [0.1, 0.15) is 0 Å². The maximum absolute atomic E-state index is 11.0. The molecule has 1 amide bonds. The molecular weight excluding hydrogens is 174 g/mol. The summed E-state index contributed by atoms with van der Waals surface area (Å²) in [7, 11) is 0. The molecule has 2 heteroatoms. The average Bonchev–Trinajstić information content (AvgIpc) is 2.22. The Bertz CT molecular complexity index is 166. The van der Waals surface area contributed by atoms with E-state index in [0.29, 0.717) is 6.04 Å². The van der Waals surface area contributed by atoms with Crippen LogP contribution in [-0.2, 0) is 4.79 Å². The van der Waals surface area contributed by atoms with E-state index in [2.05, 4.69) is 25.7 Å². The van der Waals surface area contributed by atoms with Gasteiger partial charge in [-0.05, 0) is 18.9 Å². The predicted molar refractivity (Wildman–Crippen MR) is 61.2 cm³/mol. The summed E-state index contributed by atoms with van der Waals surface area (Å²) in [6.45, 7) is 7.76. The molecule has 0 aromatic carbocycles. The molecule has 0 spiro atoms. The van der Waals surface area contributed by atoms with Crippen molar-refractivity contribution in [1.29, 1.82) is 0 Å². The van der Waals surface area contributed by atoms with Gasteiger partial charge < -0.3 is 5.32 Å². The highest BCUT2D eigenvalue weighted by molar-refractivity contribution is 5.87. The molecule has 82 valence electrons. The molecule has 14 heavy (non-hydrogen) atoms. The average molecular weight is 197 g/mol. The van der Waals surface area contributed by atoms with Crippen molar-refractivity contribution in [2.75, 3.05) is 0 Å². The van der Waals surface area contributed by atoms with E-state index < -0.39 is 0 Å². The predicted octanol–water partition coefficient (Wildman–Crippen LogP) is 3.04. The maximum Gasteiger partial charge on any atom is 0.243 e. The van der Waals surface area contributed by atoms with Gasteiger partial charge in [-0.3, -0.25) is 4.79 Å². The minimum atomic E-state index is -0.0488. The summed E-state index contributed by atoms with van der Waals surface area (Å²) in [5.74, 6) is -0.0488. The lowest BCUT2D eigenvalue weighted by Crippen LogP contribution is -2.32. The van der Waals surface area contributed by atoms with Crippen LogP contribution in [0.3, 0.4) is 0 Å². The molecule has 0 aromatic rings. The van der Waals surface area contributed by atoms with Gasteiger partial charge in [0.15, 0.2) is 0 Å². The van der Waals surface area contributed by atoms with Gasteiger partial charge in [-0.1, -0.05) is 46.1 Å². The molecular formula is C12H23NO. The zero-order chi connectivity index (χ0) is 10.8. The third-order valence-electron chi connectivity index (χ3n) is 2.43. The van der Waals surface area contributed by atoms with Gasteiger partial charge in [0.05, 0.1) is 0 Å². The molecule has 0 saturated heterocycles. The van der Waals surface area contributed by atoms with Crippen molar-refractivity contribution in [2.45, 2.75) is 58.4 Å². The third-order valence-corrected chi connectivity index (χ3v) is 2.43. The van der Waals surface area contributed by atoms with E-state index in [-0.39, 0.29) is 5.91 Å². The molecule has 0 bridgehead atoms. The second kappa shape index (κ2) is 8.79. The number of rotatable bonds is 8. The van der Waals surface area contributed by atoms with Crippen molar-refractivity contribution >= 4 is 5.91 Å². The highest BCUT2D eigenvalue weighted by Crippen LogP contribution is 2.07. The lowest BCUT2D eigenvalue weighted by molar-refractivity contribution is -0.117. The molecule has 0 fully saturated rings. The van der Waals surface area contributed by atoms with Gasteiger partial charge >= 0.3 is 0 Å². The molecule has 0 aliphatic rings. The second-order valence-corrected chi connectivity index (χ2v) is 3.67. The van der Waals surface area contributed by atoms with Crippen LogP contribution < -0.4 is 5.32 Å². The summed E-state index contributed by atoms with van der Waals surface area (Å²) in [6.07, 6.45) is 8.48. The quantitative estimate of drug-likeness (QED) is 0.470. The van der Waals surface area contributed by atoms with Crippen LogP contribution in [0.5, 0.6) is 0 Å². The van der Waals surface area contributed by atoms with Crippen LogP contribution in [0.25, 0.3) is 0 Å². The van der Waals surface area contributed by atoms with E-state index in [4.69, 9.17) is 0 Å². The van der Waals surface area contributed by atoms with Crippen molar-refractivity contribution in [1.82, 2.24) is 5.32 Å². The fraction of sp³-hybridized carbons (Fsp3) is 0.750. The molecule has 1 N–H and O–H groups in total. The molecule has 0 saturated carbocycles. The summed E-state index contributed by atoms with van der Waals surface area (Å²) in [6, 6.07) is 0.331. The number of carbonyl (C=O) groups is 1. The molecule has 0 rings (SSSR count). The minimum Gasteiger partial charge on any atom is -0.350 e. The van der Waals surface area contributed by atoms with Gasteiger partial charge in [-0.25, -0.2) is 0 Å². The number of hydrogen-bond donors (Lipinski definition) is 1. The molecule has 1 atom stereocenters. The Morgan fingerprint density at radius 1 is 1.36 bits per heavy atom. The number of carbonyl (C=O) groups excluding carboxylic acids is 1. The van der Waals surface area contributed by atoms with E-state index >= 15 is 0 Å². The van der Waals surface area contributed by atoms with E-state index in [1.165, 1.54) is 31.8 Å². The molecule has 0 radical (unpaired) electrons. The number of amides is 1. The maximum atomic E-state index is 11.0. The molecule has 0 aliphatic carbocycles. The van der Waals surface area contributed by atoms with Gasteiger partial charge in [-0.15, -0.1) is 0 Å². The zero-order valence-corrected chi connectivity index (χ0v) is 9.51. The third kappa shape index (κ3) is 6.70. The fourth-order valence-electron chi connectivity index (χ4n) is 1.46. The normalized spacial score (nSPS) is 12.1. The number of hydrogen-bond acceptors (Lipinski definition) is 1. The van der Waals surface area contributed by atoms with Gasteiger partial charge in [0.25, 0.3) is 0 Å². The molecule has 2 nitrogen and oxygen atoms in total. The first-order chi connectivity index (χ1) is 6.74. The van der Waals surface area contributed by atoms with Crippen LogP contribution in [0, 0.1) is 0 Å². The van der Waals surface area contributed by atoms with Crippen LogP contribution >= 0.6 is 0 Å². The van der Waals surface area contributed by atoms with Crippen molar-refractivity contribution in [3.8, 4) is 0 Å². The monoisotopic (exact) mass is 197 g/mol. The van der Waals surface area contributed by atoms with Gasteiger partial charge in [-0.2, -0.15) is 0 Å². The highest BCUT2D eigenvalue weighted by Gasteiger charge is 2.06. The summed E-state index contributed by atoms with van der Waals surface area (Å²) < 4.78 is 0. The topological polar surface area (TPSA) is 29.1 Å². The van der Waals surface area contributed by atoms with Crippen molar-refractivity contribution in [3.05, 3.63) is 12.7 Å². The molecule has 0 heterocycles. The standard InChI is InChI=1S/C12H23NO/c1-4-7-8-9-10-11(5-2)13-12(14)6-3/h6,11H,3-5,7-10H2,1-2H3,(H,13,14). The van der Waals surface area contributed by atoms with Gasteiger partial charge in [0, 0.05) is 6.04 Å². The SMILES string of the molecule is C=CC(=O)NC(CC)CCCCCC. The first-order valence-electron chi connectivity index (χ1n) is 5.67. The first-order valence-corrected chi connectivity index (χ1v) is 5.67. The van der Waals surface area contributed by atoms with Crippen molar-refractivity contribution < 1.29 is 4.79 Å². The van der Waals surface area contributed by atoms with Crippen LogP contribution in [0.2, 0.25) is 0 Å².